The number of hydrogen-bond donors (Lipinski definition) is 0. The summed E-state index contributed by atoms with van der Waals surface area (Å²) in [6.45, 7) is 9.38. The fraction of sp³-hybridized carbons (Fsp3) is 0.211. The Labute approximate surface area is 172 Å². The van der Waals surface area contributed by atoms with E-state index in [0.29, 0.717) is 0 Å². The van der Waals surface area contributed by atoms with Crippen LogP contribution in [-0.2, 0) is 26.2 Å². The molecule has 1 radical (unpaired) electrons. The summed E-state index contributed by atoms with van der Waals surface area (Å²) in [6.07, 6.45) is 0. The summed E-state index contributed by atoms with van der Waals surface area (Å²) in [5.74, 6) is 0. The van der Waals surface area contributed by atoms with Crippen molar-refractivity contribution in [1.82, 2.24) is 0 Å². The third-order valence-corrected chi connectivity index (χ3v) is 5.98. The van der Waals surface area contributed by atoms with Gasteiger partial charge in [-0.15, -0.1) is 34.5 Å². The molecule has 0 saturated carbocycles. The number of hydrogen-bond acceptors (Lipinski definition) is 0. The Morgan fingerprint density at radius 1 is 0.870 bits per heavy atom. The third kappa shape index (κ3) is 4.86. The molecule has 0 nitrogen and oxygen atoms in total. The van der Waals surface area contributed by atoms with E-state index in [4.69, 9.17) is 0 Å². The third-order valence-electron chi connectivity index (χ3n) is 3.93. The topological polar surface area (TPSA) is 0 Å². The Bertz CT molecular complexity index is 772. The molecule has 0 atom stereocenters. The molecule has 0 aliphatic carbocycles. The Morgan fingerprint density at radius 2 is 1.52 bits per heavy atom. The van der Waals surface area contributed by atoms with Gasteiger partial charge in [0.15, 0.2) is 0 Å². The number of halogens is 2. The number of benzene rings is 2. The molecule has 0 amide bonds. The fourth-order valence-electron chi connectivity index (χ4n) is 2.79. The number of aryl methyl sites for hydroxylation is 1. The average molecular weight is 440 g/mol. The van der Waals surface area contributed by atoms with Crippen LogP contribution < -0.4 is 30.0 Å². The van der Waals surface area contributed by atoms with E-state index in [1.807, 2.05) is 0 Å². The Hall–Kier alpha value is -0.270. The van der Waals surface area contributed by atoms with E-state index in [-0.39, 0.29) is 51.0 Å². The van der Waals surface area contributed by atoms with E-state index < -0.39 is 8.07 Å². The molecule has 4 heteroatoms. The minimum absolute atomic E-state index is 0. The van der Waals surface area contributed by atoms with Crippen LogP contribution in [0.15, 0.2) is 54.6 Å². The number of fused-ring (bicyclic) bond motifs is 1. The van der Waals surface area contributed by atoms with Gasteiger partial charge in [0.2, 0.25) is 0 Å². The van der Waals surface area contributed by atoms with Crippen LogP contribution in [0.25, 0.3) is 21.9 Å². The maximum atomic E-state index is 2.40. The molecule has 0 unspecified atom stereocenters. The molecule has 3 aromatic carbocycles. The summed E-state index contributed by atoms with van der Waals surface area (Å²) in [5.41, 5.74) is 4.05. The Morgan fingerprint density at radius 3 is 2.17 bits per heavy atom. The molecule has 0 fully saturated rings. The summed E-state index contributed by atoms with van der Waals surface area (Å²) in [5, 5.41) is 4.24. The van der Waals surface area contributed by atoms with Crippen LogP contribution in [0, 0.1) is 6.92 Å². The fourth-order valence-corrected chi connectivity index (χ4v) is 3.97. The first-order valence-corrected chi connectivity index (χ1v) is 10.7. The van der Waals surface area contributed by atoms with Gasteiger partial charge < -0.3 is 24.8 Å². The van der Waals surface area contributed by atoms with E-state index in [2.05, 4.69) is 81.2 Å². The van der Waals surface area contributed by atoms with Crippen molar-refractivity contribution in [2.75, 3.05) is 0 Å². The molecule has 3 rings (SSSR count). The van der Waals surface area contributed by atoms with Gasteiger partial charge in [0, 0.05) is 0 Å². The summed E-state index contributed by atoms with van der Waals surface area (Å²) in [4.78, 5) is 0. The Balaban J connectivity index is 0.00000161. The monoisotopic (exact) mass is 437 g/mol. The van der Waals surface area contributed by atoms with E-state index in [0.717, 1.165) is 0 Å². The summed E-state index contributed by atoms with van der Waals surface area (Å²) >= 11 is 0. The quantitative estimate of drug-likeness (QED) is 0.358. The van der Waals surface area contributed by atoms with Crippen molar-refractivity contribution in [3.8, 4) is 11.1 Å². The van der Waals surface area contributed by atoms with Crippen molar-refractivity contribution >= 4 is 24.0 Å². The van der Waals surface area contributed by atoms with Crippen LogP contribution in [0.4, 0.5) is 0 Å². The average Bonchev–Trinajstić information content (AvgIpc) is 2.77. The first-order chi connectivity index (χ1) is 9.45. The van der Waals surface area contributed by atoms with Gasteiger partial charge >= 0.3 is 26.2 Å². The van der Waals surface area contributed by atoms with Crippen LogP contribution >= 0.6 is 0 Å². The zero-order chi connectivity index (χ0) is 14.3. The predicted molar refractivity (Wildman–Crippen MR) is 92.7 cm³/mol. The molecule has 23 heavy (non-hydrogen) atoms. The van der Waals surface area contributed by atoms with E-state index in [1.165, 1.54) is 32.6 Å². The first kappa shape index (κ1) is 22.7. The van der Waals surface area contributed by atoms with Gasteiger partial charge in [-0.2, -0.15) is 6.07 Å². The van der Waals surface area contributed by atoms with Crippen LogP contribution in [0.2, 0.25) is 19.6 Å². The van der Waals surface area contributed by atoms with Crippen LogP contribution in [0.3, 0.4) is 0 Å². The summed E-state index contributed by atoms with van der Waals surface area (Å²) < 4.78 is 0. The zero-order valence-corrected chi connectivity index (χ0v) is 18.9. The van der Waals surface area contributed by atoms with Gasteiger partial charge in [-0.25, -0.2) is 0 Å². The number of rotatable bonds is 2. The zero-order valence-electron chi connectivity index (χ0n) is 14.0. The molecule has 0 spiro atoms. The molecule has 119 valence electrons. The maximum absolute atomic E-state index is 2.40. The van der Waals surface area contributed by atoms with Crippen molar-refractivity contribution in [2.45, 2.75) is 26.6 Å². The van der Waals surface area contributed by atoms with E-state index in [9.17, 15) is 0 Å². The van der Waals surface area contributed by atoms with Crippen LogP contribution in [0.1, 0.15) is 5.56 Å². The molecule has 0 bridgehead atoms. The summed E-state index contributed by atoms with van der Waals surface area (Å²) in [6, 6.07) is 20.3. The molecule has 3 aromatic rings. The predicted octanol–water partition coefficient (Wildman–Crippen LogP) is -0.915. The molecular formula is C19H21Cl2SiZr. The van der Waals surface area contributed by atoms with Gasteiger partial charge in [0.05, 0.1) is 8.07 Å². The SMILES string of the molecule is Cc1cc2c(-c3cccc([Si](C)(C)C)c3)cccc2[cH-]1.[Cl-].[Cl-].[Zr+3]. The smallest absolute Gasteiger partial charge is 1.00 e. The second kappa shape index (κ2) is 8.72. The van der Waals surface area contributed by atoms with E-state index in [1.54, 1.807) is 0 Å². The van der Waals surface area contributed by atoms with Gasteiger partial charge in [0.25, 0.3) is 0 Å². The Kier molecular flexibility index (Phi) is 8.61. The van der Waals surface area contributed by atoms with Crippen molar-refractivity contribution in [3.63, 3.8) is 0 Å². The molecule has 0 aliphatic heterocycles. The molecule has 0 saturated heterocycles. The second-order valence-electron chi connectivity index (χ2n) is 6.67. The minimum atomic E-state index is -1.26. The van der Waals surface area contributed by atoms with Gasteiger partial charge in [0.1, 0.15) is 0 Å². The van der Waals surface area contributed by atoms with Crippen molar-refractivity contribution in [2.24, 2.45) is 0 Å². The summed E-state index contributed by atoms with van der Waals surface area (Å²) in [7, 11) is -1.26. The largest absolute Gasteiger partial charge is 3.00 e. The molecule has 0 heterocycles. The molecular weight excluding hydrogens is 418 g/mol. The van der Waals surface area contributed by atoms with Gasteiger partial charge in [-0.3, -0.25) is 0 Å². The van der Waals surface area contributed by atoms with Crippen molar-refractivity contribution < 1.29 is 51.0 Å². The van der Waals surface area contributed by atoms with Crippen molar-refractivity contribution in [1.29, 1.82) is 0 Å². The van der Waals surface area contributed by atoms with Crippen LogP contribution in [0.5, 0.6) is 0 Å². The van der Waals surface area contributed by atoms with Gasteiger partial charge in [-0.1, -0.05) is 67.6 Å². The molecule has 0 N–H and O–H groups in total. The van der Waals surface area contributed by atoms with E-state index >= 15 is 0 Å². The van der Waals surface area contributed by atoms with Crippen LogP contribution in [-0.4, -0.2) is 8.07 Å². The first-order valence-electron chi connectivity index (χ1n) is 7.22. The normalized spacial score (nSPS) is 10.4. The molecule has 0 aliphatic rings. The minimum Gasteiger partial charge on any atom is -1.00 e. The standard InChI is InChI=1S/C19H21Si.2ClH.Zr/c1-14-11-15-8-6-10-18(19(15)12-14)16-7-5-9-17(13-16)20(2,3)4;;;/h5-13H,1-4H3;2*1H;/q-1;;;+3/p-2. The maximum Gasteiger partial charge on any atom is 3.00 e. The molecule has 0 aromatic heterocycles. The van der Waals surface area contributed by atoms with Crippen molar-refractivity contribution in [3.05, 3.63) is 60.2 Å². The second-order valence-corrected chi connectivity index (χ2v) is 11.7. The van der Waals surface area contributed by atoms with Gasteiger partial charge in [-0.05, 0) is 5.56 Å².